The van der Waals surface area contributed by atoms with Crippen molar-refractivity contribution in [3.63, 3.8) is 0 Å². The Morgan fingerprint density at radius 1 is 0.853 bits per heavy atom. The molecule has 0 bridgehead atoms. The van der Waals surface area contributed by atoms with Crippen LogP contribution in [-0.2, 0) is 12.4 Å². The van der Waals surface area contributed by atoms with Gasteiger partial charge in [-0.1, -0.05) is 35.9 Å². The second-order valence-corrected chi connectivity index (χ2v) is 7.37. The molecule has 34 heavy (non-hydrogen) atoms. The van der Waals surface area contributed by atoms with Crippen molar-refractivity contribution in [2.75, 3.05) is 0 Å². The summed E-state index contributed by atoms with van der Waals surface area (Å²) < 4.78 is 83.2. The van der Waals surface area contributed by atoms with Gasteiger partial charge in [-0.3, -0.25) is 0 Å². The minimum atomic E-state index is -5.10. The smallest absolute Gasteiger partial charge is 0.416 e. The zero-order chi connectivity index (χ0) is 25.1. The van der Waals surface area contributed by atoms with Gasteiger partial charge >= 0.3 is 18.3 Å². The molecule has 0 aromatic heterocycles. The van der Waals surface area contributed by atoms with Crippen LogP contribution in [0.4, 0.5) is 26.3 Å². The Morgan fingerprint density at radius 2 is 1.47 bits per heavy atom. The molecule has 3 aromatic carbocycles. The Balaban J connectivity index is 1.92. The summed E-state index contributed by atoms with van der Waals surface area (Å²) in [6.07, 6.45) is -8.75. The van der Waals surface area contributed by atoms with Gasteiger partial charge in [0.25, 0.3) is 0 Å². The van der Waals surface area contributed by atoms with Crippen molar-refractivity contribution in [3.05, 3.63) is 99.6 Å². The molecule has 0 radical (unpaired) electrons. The molecule has 10 heteroatoms. The van der Waals surface area contributed by atoms with Gasteiger partial charge in [-0.25, -0.2) is 4.79 Å². The number of carbonyl (C=O) groups excluding carboxylic acids is 1. The summed E-state index contributed by atoms with van der Waals surface area (Å²) in [5, 5.41) is 9.85. The fourth-order valence-electron chi connectivity index (χ4n) is 2.91. The van der Waals surface area contributed by atoms with Crippen LogP contribution in [0.2, 0.25) is 5.02 Å². The van der Waals surface area contributed by atoms with Gasteiger partial charge in [-0.05, 0) is 59.7 Å². The molecule has 3 aromatic rings. The molecule has 174 valence electrons. The number of nitriles is 1. The maximum Gasteiger partial charge on any atom is 0.416 e. The summed E-state index contributed by atoms with van der Waals surface area (Å²) in [7, 11) is 0. The highest BCUT2D eigenvalue weighted by Crippen LogP contribution is 2.36. The summed E-state index contributed by atoms with van der Waals surface area (Å²) in [5.74, 6) is -1.55. The number of benzene rings is 3. The number of nitrogens with zero attached hydrogens (tertiary/aromatic N) is 1. The fraction of sp³-hybridized carbons (Fsp3) is 0.0833. The van der Waals surface area contributed by atoms with E-state index >= 15 is 0 Å². The van der Waals surface area contributed by atoms with E-state index < -0.39 is 35.0 Å². The molecule has 0 heterocycles. The molecule has 0 aliphatic heterocycles. The summed E-state index contributed by atoms with van der Waals surface area (Å²) in [5.41, 5.74) is -3.06. The standard InChI is InChI=1S/C24H12ClF6NO2/c25-20-5-2-4-15(11-20)17(13-32)7-14-3-1-6-21(8-14)34-22(33)16-9-18(23(26,27)28)12-19(10-16)24(29,30)31/h1-12H/b17-7-. The number of esters is 1. The second-order valence-electron chi connectivity index (χ2n) is 6.94. The summed E-state index contributed by atoms with van der Waals surface area (Å²) >= 11 is 5.93. The number of hydrogen-bond donors (Lipinski definition) is 0. The number of ether oxygens (including phenoxy) is 1. The molecule has 3 rings (SSSR count). The molecule has 0 N–H and O–H groups in total. The lowest BCUT2D eigenvalue weighted by Gasteiger charge is -2.14. The van der Waals surface area contributed by atoms with E-state index in [9.17, 15) is 36.4 Å². The third-order valence-electron chi connectivity index (χ3n) is 4.46. The van der Waals surface area contributed by atoms with Crippen molar-refractivity contribution in [3.8, 4) is 11.8 Å². The lowest BCUT2D eigenvalue weighted by atomic mass is 10.0. The number of carbonyl (C=O) groups is 1. The molecule has 3 nitrogen and oxygen atoms in total. The van der Waals surface area contributed by atoms with Gasteiger partial charge in [0.2, 0.25) is 0 Å². The van der Waals surface area contributed by atoms with Crippen molar-refractivity contribution in [2.24, 2.45) is 0 Å². The van der Waals surface area contributed by atoms with Crippen LogP contribution in [0.15, 0.2) is 66.7 Å². The van der Waals surface area contributed by atoms with Gasteiger partial charge in [0.05, 0.1) is 28.3 Å². The van der Waals surface area contributed by atoms with Crippen LogP contribution in [0.25, 0.3) is 11.6 Å². The molecule has 0 amide bonds. The average molecular weight is 496 g/mol. The zero-order valence-electron chi connectivity index (χ0n) is 16.8. The average Bonchev–Trinajstić information content (AvgIpc) is 2.76. The van der Waals surface area contributed by atoms with Gasteiger partial charge in [0.1, 0.15) is 5.75 Å². The maximum atomic E-state index is 13.0. The molecule has 0 atom stereocenters. The SMILES string of the molecule is N#C/C(=C/c1cccc(OC(=O)c2cc(C(F)(F)F)cc(C(F)(F)F)c2)c1)c1cccc(Cl)c1. The monoisotopic (exact) mass is 495 g/mol. The Morgan fingerprint density at radius 3 is 2.03 bits per heavy atom. The van der Waals surface area contributed by atoms with E-state index in [1.165, 1.54) is 24.3 Å². The van der Waals surface area contributed by atoms with E-state index in [0.29, 0.717) is 16.1 Å². The lowest BCUT2D eigenvalue weighted by Crippen LogP contribution is -2.15. The summed E-state index contributed by atoms with van der Waals surface area (Å²) in [6.45, 7) is 0. The first-order valence-electron chi connectivity index (χ1n) is 9.36. The fourth-order valence-corrected chi connectivity index (χ4v) is 3.10. The molecule has 0 saturated heterocycles. The number of rotatable bonds is 4. The van der Waals surface area contributed by atoms with Gasteiger partial charge in [-0.15, -0.1) is 0 Å². The van der Waals surface area contributed by atoms with Crippen LogP contribution in [0.3, 0.4) is 0 Å². The topological polar surface area (TPSA) is 50.1 Å². The van der Waals surface area contributed by atoms with Crippen molar-refractivity contribution in [1.82, 2.24) is 0 Å². The van der Waals surface area contributed by atoms with Gasteiger partial charge in [0, 0.05) is 5.02 Å². The Bertz CT molecular complexity index is 1270. The van der Waals surface area contributed by atoms with E-state index in [1.54, 1.807) is 30.3 Å². The van der Waals surface area contributed by atoms with Crippen molar-refractivity contribution in [1.29, 1.82) is 5.26 Å². The van der Waals surface area contributed by atoms with E-state index in [-0.39, 0.29) is 29.5 Å². The quantitative estimate of drug-likeness (QED) is 0.123. The molecular formula is C24H12ClF6NO2. The van der Waals surface area contributed by atoms with Crippen molar-refractivity contribution >= 4 is 29.2 Å². The van der Waals surface area contributed by atoms with Crippen LogP contribution < -0.4 is 4.74 Å². The molecule has 0 saturated carbocycles. The molecule has 0 unspecified atom stereocenters. The Hall–Kier alpha value is -3.77. The minimum Gasteiger partial charge on any atom is -0.423 e. The molecule has 0 aliphatic carbocycles. The predicted octanol–water partition coefficient (Wildman–Crippen LogP) is 7.66. The van der Waals surface area contributed by atoms with Crippen LogP contribution in [0, 0.1) is 11.3 Å². The third-order valence-corrected chi connectivity index (χ3v) is 4.69. The first kappa shape index (κ1) is 24.9. The number of hydrogen-bond acceptors (Lipinski definition) is 3. The van der Waals surface area contributed by atoms with Crippen molar-refractivity contribution < 1.29 is 35.9 Å². The number of halogens is 7. The second kappa shape index (κ2) is 9.61. The first-order valence-corrected chi connectivity index (χ1v) is 9.74. The minimum absolute atomic E-state index is 0.0819. The van der Waals surface area contributed by atoms with Crippen LogP contribution >= 0.6 is 11.6 Å². The normalized spacial score (nSPS) is 12.2. The largest absolute Gasteiger partial charge is 0.423 e. The molecule has 0 fully saturated rings. The Labute approximate surface area is 194 Å². The maximum absolute atomic E-state index is 13.0. The molecule has 0 aliphatic rings. The Kier molecular flexibility index (Phi) is 7.03. The van der Waals surface area contributed by atoms with Crippen LogP contribution in [-0.4, -0.2) is 5.97 Å². The third kappa shape index (κ3) is 6.17. The predicted molar refractivity (Wildman–Crippen MR) is 113 cm³/mol. The molecular weight excluding hydrogens is 484 g/mol. The highest BCUT2D eigenvalue weighted by atomic mass is 35.5. The van der Waals surface area contributed by atoms with Crippen LogP contribution in [0.5, 0.6) is 5.75 Å². The van der Waals surface area contributed by atoms with E-state index in [1.807, 2.05) is 6.07 Å². The van der Waals surface area contributed by atoms with E-state index in [0.717, 1.165) is 0 Å². The first-order chi connectivity index (χ1) is 15.9. The van der Waals surface area contributed by atoms with E-state index in [2.05, 4.69) is 0 Å². The summed E-state index contributed by atoms with van der Waals surface area (Å²) in [4.78, 5) is 12.4. The van der Waals surface area contributed by atoms with Crippen molar-refractivity contribution in [2.45, 2.75) is 12.4 Å². The highest BCUT2D eigenvalue weighted by Gasteiger charge is 2.37. The lowest BCUT2D eigenvalue weighted by molar-refractivity contribution is -0.143. The molecule has 0 spiro atoms. The summed E-state index contributed by atoms with van der Waals surface area (Å²) in [6, 6.07) is 14.6. The van der Waals surface area contributed by atoms with E-state index in [4.69, 9.17) is 16.3 Å². The van der Waals surface area contributed by atoms with Crippen LogP contribution in [0.1, 0.15) is 32.6 Å². The van der Waals surface area contributed by atoms with Gasteiger partial charge in [0.15, 0.2) is 0 Å². The zero-order valence-corrected chi connectivity index (χ0v) is 17.6. The highest BCUT2D eigenvalue weighted by molar-refractivity contribution is 6.30. The van der Waals surface area contributed by atoms with Gasteiger partial charge < -0.3 is 4.74 Å². The number of allylic oxidation sites excluding steroid dienone is 1. The number of alkyl halides is 6. The van der Waals surface area contributed by atoms with Gasteiger partial charge in [-0.2, -0.15) is 31.6 Å².